The Morgan fingerprint density at radius 2 is 1.56 bits per heavy atom. The van der Waals surface area contributed by atoms with Crippen LogP contribution in [0.25, 0.3) is 11.0 Å². The summed E-state index contributed by atoms with van der Waals surface area (Å²) in [6.45, 7) is 0. The van der Waals surface area contributed by atoms with Gasteiger partial charge in [-0.25, -0.2) is 9.97 Å². The molecular weight excluding hydrogens is 456 g/mol. The molecule has 1 aliphatic heterocycles. The van der Waals surface area contributed by atoms with E-state index in [-0.39, 0.29) is 17.8 Å². The molecule has 36 heavy (non-hydrogen) atoms. The molecule has 0 aliphatic carbocycles. The van der Waals surface area contributed by atoms with Crippen molar-refractivity contribution in [3.8, 4) is 17.4 Å². The summed E-state index contributed by atoms with van der Waals surface area (Å²) in [5.74, 6) is 1.32. The lowest BCUT2D eigenvalue weighted by Gasteiger charge is -2.26. The molecule has 1 aliphatic rings. The van der Waals surface area contributed by atoms with Crippen molar-refractivity contribution in [2.24, 2.45) is 5.92 Å². The van der Waals surface area contributed by atoms with Crippen molar-refractivity contribution < 1.29 is 19.0 Å². The molecule has 1 unspecified atom stereocenters. The number of methoxy groups -OCH3 is 3. The van der Waals surface area contributed by atoms with Crippen LogP contribution >= 0.6 is 0 Å². The number of aryl methyl sites for hydroxylation is 1. The number of fused-ring (bicyclic) bond motifs is 2. The molecule has 2 heterocycles. The Balaban J connectivity index is 1.51. The van der Waals surface area contributed by atoms with E-state index in [1.54, 1.807) is 14.2 Å². The molecule has 0 saturated heterocycles. The summed E-state index contributed by atoms with van der Waals surface area (Å²) in [4.78, 5) is 22.9. The second-order valence-electron chi connectivity index (χ2n) is 8.60. The van der Waals surface area contributed by atoms with E-state index in [0.29, 0.717) is 41.2 Å². The number of nitrogens with one attached hydrogen (secondary N) is 2. The van der Waals surface area contributed by atoms with E-state index in [1.165, 1.54) is 7.11 Å². The molecule has 4 aromatic rings. The number of ether oxygens (including phenoxy) is 3. The van der Waals surface area contributed by atoms with Gasteiger partial charge >= 0.3 is 0 Å². The van der Waals surface area contributed by atoms with Crippen LogP contribution in [-0.2, 0) is 11.2 Å². The molecule has 5 rings (SSSR count). The minimum absolute atomic E-state index is 0.161. The quantitative estimate of drug-likeness (QED) is 0.397. The Morgan fingerprint density at radius 1 is 0.889 bits per heavy atom. The second-order valence-corrected chi connectivity index (χ2v) is 8.60. The number of benzene rings is 3. The molecule has 184 valence electrons. The maximum absolute atomic E-state index is 13.8. The fourth-order valence-corrected chi connectivity index (χ4v) is 4.68. The van der Waals surface area contributed by atoms with Crippen molar-refractivity contribution in [2.75, 3.05) is 32.0 Å². The van der Waals surface area contributed by atoms with Crippen LogP contribution in [0.3, 0.4) is 0 Å². The smallest absolute Gasteiger partial charge is 0.258 e. The van der Waals surface area contributed by atoms with Crippen LogP contribution in [0.15, 0.2) is 66.7 Å². The highest BCUT2D eigenvalue weighted by Crippen LogP contribution is 2.41. The van der Waals surface area contributed by atoms with Gasteiger partial charge in [-0.05, 0) is 42.2 Å². The van der Waals surface area contributed by atoms with Gasteiger partial charge in [0.25, 0.3) is 5.88 Å². The highest BCUT2D eigenvalue weighted by molar-refractivity contribution is 5.95. The van der Waals surface area contributed by atoms with Crippen LogP contribution in [0.2, 0.25) is 0 Å². The largest absolute Gasteiger partial charge is 0.493 e. The molecule has 0 radical (unpaired) electrons. The number of anilines is 2. The van der Waals surface area contributed by atoms with Crippen LogP contribution in [0.1, 0.15) is 23.6 Å². The van der Waals surface area contributed by atoms with E-state index in [0.717, 1.165) is 16.8 Å². The molecule has 8 nitrogen and oxygen atoms in total. The third kappa shape index (κ3) is 4.49. The summed E-state index contributed by atoms with van der Waals surface area (Å²) in [7, 11) is 4.76. The molecule has 0 fully saturated rings. The summed E-state index contributed by atoms with van der Waals surface area (Å²) in [5, 5.41) is 6.61. The second kappa shape index (κ2) is 10.1. The van der Waals surface area contributed by atoms with E-state index in [2.05, 4.69) is 20.6 Å². The average molecular weight is 485 g/mol. The maximum Gasteiger partial charge on any atom is 0.258 e. The van der Waals surface area contributed by atoms with Gasteiger partial charge in [-0.15, -0.1) is 0 Å². The lowest BCUT2D eigenvalue weighted by Crippen LogP contribution is -2.32. The SMILES string of the molecule is COc1cc2c(cc1OC)N[C@H](c1ccccc1)C(C(=O)Nc1nc3ccccc3nc1OC)CC2. The Hall–Kier alpha value is -4.33. The molecule has 1 aromatic heterocycles. The van der Waals surface area contributed by atoms with Gasteiger partial charge < -0.3 is 24.8 Å². The number of carbonyl (C=O) groups is 1. The van der Waals surface area contributed by atoms with Gasteiger partial charge in [0, 0.05) is 11.8 Å². The van der Waals surface area contributed by atoms with Crippen LogP contribution in [0.5, 0.6) is 17.4 Å². The first-order valence-electron chi connectivity index (χ1n) is 11.8. The van der Waals surface area contributed by atoms with E-state index < -0.39 is 5.92 Å². The first kappa shape index (κ1) is 23.4. The molecule has 1 amide bonds. The lowest BCUT2D eigenvalue weighted by molar-refractivity contribution is -0.120. The summed E-state index contributed by atoms with van der Waals surface area (Å²) >= 11 is 0. The van der Waals surface area contributed by atoms with Crippen molar-refractivity contribution in [3.05, 3.63) is 77.9 Å². The number of hydrogen-bond acceptors (Lipinski definition) is 7. The Kier molecular flexibility index (Phi) is 6.58. The summed E-state index contributed by atoms with van der Waals surface area (Å²) in [6.07, 6.45) is 1.30. The van der Waals surface area contributed by atoms with E-state index in [4.69, 9.17) is 14.2 Å². The van der Waals surface area contributed by atoms with Crippen LogP contribution in [0, 0.1) is 5.92 Å². The highest BCUT2D eigenvalue weighted by Gasteiger charge is 2.34. The first-order chi connectivity index (χ1) is 17.6. The minimum Gasteiger partial charge on any atom is -0.493 e. The number of amides is 1. The van der Waals surface area contributed by atoms with Crippen LogP contribution < -0.4 is 24.8 Å². The third-order valence-electron chi connectivity index (χ3n) is 6.52. The van der Waals surface area contributed by atoms with Gasteiger partial charge in [-0.2, -0.15) is 0 Å². The maximum atomic E-state index is 13.8. The van der Waals surface area contributed by atoms with Crippen LogP contribution in [-0.4, -0.2) is 37.2 Å². The van der Waals surface area contributed by atoms with Gasteiger partial charge in [0.1, 0.15) is 0 Å². The molecule has 2 N–H and O–H groups in total. The van der Waals surface area contributed by atoms with Crippen molar-refractivity contribution in [2.45, 2.75) is 18.9 Å². The first-order valence-corrected chi connectivity index (χ1v) is 11.8. The lowest BCUT2D eigenvalue weighted by atomic mass is 9.89. The molecular formula is C28H28N4O4. The molecule has 2 atom stereocenters. The predicted octanol–water partition coefficient (Wildman–Crippen LogP) is 5.01. The average Bonchev–Trinajstić information content (AvgIpc) is 3.11. The van der Waals surface area contributed by atoms with Gasteiger partial charge in [0.15, 0.2) is 17.3 Å². The normalized spacial score (nSPS) is 16.9. The number of nitrogens with zero attached hydrogens (tertiary/aromatic N) is 2. The summed E-state index contributed by atoms with van der Waals surface area (Å²) in [5.41, 5.74) is 4.37. The standard InChI is InChI=1S/C28H28N4O4/c1-34-23-15-18-13-14-19(25(17-9-5-4-6-10-17)29-22(18)16-24(23)35-2)27(33)32-26-28(36-3)31-21-12-8-7-11-20(21)30-26/h4-12,15-16,19,25,29H,13-14H2,1-3H3,(H,30,32,33)/t19?,25-/m1/s1. The molecule has 0 bridgehead atoms. The Morgan fingerprint density at radius 3 is 2.25 bits per heavy atom. The summed E-state index contributed by atoms with van der Waals surface area (Å²) < 4.78 is 16.5. The highest BCUT2D eigenvalue weighted by atomic mass is 16.5. The van der Waals surface area contributed by atoms with Crippen molar-refractivity contribution >= 4 is 28.4 Å². The van der Waals surface area contributed by atoms with Crippen LogP contribution in [0.4, 0.5) is 11.5 Å². The predicted molar refractivity (Wildman–Crippen MR) is 139 cm³/mol. The van der Waals surface area contributed by atoms with Crippen molar-refractivity contribution in [3.63, 3.8) is 0 Å². The monoisotopic (exact) mass is 484 g/mol. The zero-order chi connectivity index (χ0) is 25.1. The Labute approximate surface area is 209 Å². The minimum atomic E-state index is -0.394. The Bertz CT molecular complexity index is 1390. The molecule has 3 aromatic carbocycles. The van der Waals surface area contributed by atoms with E-state index in [1.807, 2.05) is 66.7 Å². The summed E-state index contributed by atoms with van der Waals surface area (Å²) in [6, 6.07) is 21.1. The van der Waals surface area contributed by atoms with E-state index in [9.17, 15) is 4.79 Å². The van der Waals surface area contributed by atoms with Crippen molar-refractivity contribution in [1.82, 2.24) is 9.97 Å². The number of carbonyl (C=O) groups excluding carboxylic acids is 1. The van der Waals surface area contributed by atoms with Crippen molar-refractivity contribution in [1.29, 1.82) is 0 Å². The van der Waals surface area contributed by atoms with Gasteiger partial charge in [-0.3, -0.25) is 4.79 Å². The zero-order valence-corrected chi connectivity index (χ0v) is 20.4. The van der Waals surface area contributed by atoms with E-state index >= 15 is 0 Å². The fourth-order valence-electron chi connectivity index (χ4n) is 4.68. The molecule has 0 spiro atoms. The molecule has 8 heteroatoms. The van der Waals surface area contributed by atoms with Gasteiger partial charge in [-0.1, -0.05) is 42.5 Å². The number of hydrogen-bond donors (Lipinski definition) is 2. The molecule has 0 saturated carbocycles. The van der Waals surface area contributed by atoms with Gasteiger partial charge in [0.2, 0.25) is 5.91 Å². The topological polar surface area (TPSA) is 94.6 Å². The fraction of sp³-hybridized carbons (Fsp3) is 0.250. The number of aromatic nitrogens is 2. The third-order valence-corrected chi connectivity index (χ3v) is 6.52. The number of rotatable bonds is 6. The van der Waals surface area contributed by atoms with Gasteiger partial charge in [0.05, 0.1) is 44.3 Å². The zero-order valence-electron chi connectivity index (χ0n) is 20.4. The number of para-hydroxylation sites is 2.